The van der Waals surface area contributed by atoms with Crippen molar-refractivity contribution in [2.45, 2.75) is 58.6 Å². The lowest BCUT2D eigenvalue weighted by Gasteiger charge is -2.33. The summed E-state index contributed by atoms with van der Waals surface area (Å²) in [4.78, 5) is 6.80. The number of guanidine groups is 1. The Morgan fingerprint density at radius 1 is 1.07 bits per heavy atom. The fourth-order valence-electron chi connectivity index (χ4n) is 2.92. The van der Waals surface area contributed by atoms with Crippen molar-refractivity contribution in [3.8, 4) is 0 Å². The van der Waals surface area contributed by atoms with Crippen LogP contribution in [0, 0.1) is 0 Å². The standard InChI is InChI=1S/C20H42N4O3.HI/c1-5-6-13-25-16-17-26-14-9-22-20(21-4)23-19-7-10-24(11-8-19)12-15-27-18(2)3;/h18-19H,5-17H2,1-4H3,(H2,21,22,23);1H. The highest BCUT2D eigenvalue weighted by Crippen LogP contribution is 2.10. The van der Waals surface area contributed by atoms with Crippen LogP contribution in [0.15, 0.2) is 4.99 Å². The number of hydrogen-bond donors (Lipinski definition) is 2. The third-order valence-corrected chi connectivity index (χ3v) is 4.56. The van der Waals surface area contributed by atoms with Gasteiger partial charge in [-0.2, -0.15) is 0 Å². The van der Waals surface area contributed by atoms with E-state index in [-0.39, 0.29) is 24.0 Å². The maximum atomic E-state index is 5.64. The van der Waals surface area contributed by atoms with E-state index in [1.54, 1.807) is 0 Å². The Labute approximate surface area is 189 Å². The lowest BCUT2D eigenvalue weighted by Crippen LogP contribution is -2.49. The molecule has 1 aliphatic rings. The maximum Gasteiger partial charge on any atom is 0.191 e. The van der Waals surface area contributed by atoms with E-state index >= 15 is 0 Å². The molecule has 1 fully saturated rings. The van der Waals surface area contributed by atoms with Crippen molar-refractivity contribution in [1.29, 1.82) is 0 Å². The van der Waals surface area contributed by atoms with Gasteiger partial charge in [-0.3, -0.25) is 4.99 Å². The van der Waals surface area contributed by atoms with Crippen LogP contribution in [0.25, 0.3) is 0 Å². The summed E-state index contributed by atoms with van der Waals surface area (Å²) in [5.41, 5.74) is 0. The molecular formula is C20H43IN4O3. The third-order valence-electron chi connectivity index (χ3n) is 4.56. The van der Waals surface area contributed by atoms with Gasteiger partial charge in [-0.05, 0) is 33.1 Å². The van der Waals surface area contributed by atoms with E-state index < -0.39 is 0 Å². The number of hydrogen-bond acceptors (Lipinski definition) is 5. The summed E-state index contributed by atoms with van der Waals surface area (Å²) in [5.74, 6) is 0.861. The lowest BCUT2D eigenvalue weighted by atomic mass is 10.1. The maximum absolute atomic E-state index is 5.64. The van der Waals surface area contributed by atoms with Gasteiger partial charge in [-0.25, -0.2) is 0 Å². The van der Waals surface area contributed by atoms with Crippen molar-refractivity contribution < 1.29 is 14.2 Å². The van der Waals surface area contributed by atoms with Crippen molar-refractivity contribution in [2.24, 2.45) is 4.99 Å². The van der Waals surface area contributed by atoms with E-state index in [4.69, 9.17) is 14.2 Å². The molecule has 0 spiro atoms. The Balaban J connectivity index is 0.00000729. The Morgan fingerprint density at radius 2 is 1.75 bits per heavy atom. The van der Waals surface area contributed by atoms with Crippen LogP contribution in [-0.4, -0.2) is 89.3 Å². The summed E-state index contributed by atoms with van der Waals surface area (Å²) in [6.45, 7) is 14.0. The SMILES string of the molecule is CCCCOCCOCCNC(=NC)NC1CCN(CCOC(C)C)CC1.I. The van der Waals surface area contributed by atoms with Gasteiger partial charge in [0, 0.05) is 45.9 Å². The summed E-state index contributed by atoms with van der Waals surface area (Å²) >= 11 is 0. The van der Waals surface area contributed by atoms with E-state index in [1.165, 1.54) is 6.42 Å². The number of unbranched alkanes of at least 4 members (excludes halogenated alkanes) is 1. The molecule has 2 N–H and O–H groups in total. The molecule has 0 aromatic carbocycles. The van der Waals surface area contributed by atoms with Gasteiger partial charge in [0.05, 0.1) is 32.5 Å². The number of piperidine rings is 1. The third kappa shape index (κ3) is 14.8. The molecule has 28 heavy (non-hydrogen) atoms. The molecule has 0 aliphatic carbocycles. The van der Waals surface area contributed by atoms with Crippen LogP contribution < -0.4 is 10.6 Å². The Morgan fingerprint density at radius 3 is 2.36 bits per heavy atom. The first-order valence-corrected chi connectivity index (χ1v) is 10.6. The Kier molecular flexibility index (Phi) is 18.7. The van der Waals surface area contributed by atoms with Gasteiger partial charge >= 0.3 is 0 Å². The predicted molar refractivity (Wildman–Crippen MR) is 127 cm³/mol. The van der Waals surface area contributed by atoms with Gasteiger partial charge in [0.15, 0.2) is 5.96 Å². The van der Waals surface area contributed by atoms with Crippen LogP contribution in [-0.2, 0) is 14.2 Å². The number of aliphatic imine (C=N–C) groups is 1. The highest BCUT2D eigenvalue weighted by Gasteiger charge is 2.19. The van der Waals surface area contributed by atoms with Gasteiger partial charge in [0.2, 0.25) is 0 Å². The fraction of sp³-hybridized carbons (Fsp3) is 0.950. The minimum atomic E-state index is 0. The van der Waals surface area contributed by atoms with Crippen LogP contribution in [0.5, 0.6) is 0 Å². The lowest BCUT2D eigenvalue weighted by molar-refractivity contribution is 0.0486. The molecule has 1 rings (SSSR count). The zero-order valence-corrected chi connectivity index (χ0v) is 20.7. The fourth-order valence-corrected chi connectivity index (χ4v) is 2.92. The van der Waals surface area contributed by atoms with E-state index in [0.29, 0.717) is 32.0 Å². The van der Waals surface area contributed by atoms with Crippen LogP contribution in [0.4, 0.5) is 0 Å². The first kappa shape index (κ1) is 27.8. The normalized spacial score (nSPS) is 16.2. The largest absolute Gasteiger partial charge is 0.379 e. The minimum Gasteiger partial charge on any atom is -0.379 e. The molecule has 168 valence electrons. The molecule has 0 amide bonds. The molecular weight excluding hydrogens is 471 g/mol. The van der Waals surface area contributed by atoms with Crippen LogP contribution >= 0.6 is 24.0 Å². The van der Waals surface area contributed by atoms with Crippen LogP contribution in [0.3, 0.4) is 0 Å². The van der Waals surface area contributed by atoms with Gasteiger partial charge in [-0.15, -0.1) is 24.0 Å². The first-order chi connectivity index (χ1) is 13.2. The monoisotopic (exact) mass is 514 g/mol. The quantitative estimate of drug-likeness (QED) is 0.161. The van der Waals surface area contributed by atoms with E-state index in [1.807, 2.05) is 7.05 Å². The molecule has 0 aromatic heterocycles. The molecule has 0 aromatic rings. The first-order valence-electron chi connectivity index (χ1n) is 10.6. The molecule has 0 radical (unpaired) electrons. The second-order valence-corrected chi connectivity index (χ2v) is 7.26. The number of ether oxygens (including phenoxy) is 3. The second-order valence-electron chi connectivity index (χ2n) is 7.26. The molecule has 7 nitrogen and oxygen atoms in total. The van der Waals surface area contributed by atoms with Crippen molar-refractivity contribution >= 4 is 29.9 Å². The average molecular weight is 514 g/mol. The summed E-state index contributed by atoms with van der Waals surface area (Å²) in [6, 6.07) is 0.478. The number of halogens is 1. The Bertz CT molecular complexity index is 378. The molecule has 0 atom stereocenters. The van der Waals surface area contributed by atoms with Crippen LogP contribution in [0.1, 0.15) is 46.5 Å². The molecule has 1 saturated heterocycles. The van der Waals surface area contributed by atoms with Gasteiger partial charge in [0.1, 0.15) is 0 Å². The summed E-state index contributed by atoms with van der Waals surface area (Å²) in [6.07, 6.45) is 4.87. The van der Waals surface area contributed by atoms with Gasteiger partial charge < -0.3 is 29.7 Å². The molecule has 1 aliphatic heterocycles. The minimum absolute atomic E-state index is 0. The number of rotatable bonds is 14. The molecule has 0 bridgehead atoms. The summed E-state index contributed by atoms with van der Waals surface area (Å²) < 4.78 is 16.7. The van der Waals surface area contributed by atoms with Crippen LogP contribution in [0.2, 0.25) is 0 Å². The molecule has 8 heteroatoms. The van der Waals surface area contributed by atoms with E-state index in [0.717, 1.165) is 64.6 Å². The zero-order chi connectivity index (χ0) is 19.7. The van der Waals surface area contributed by atoms with E-state index in [2.05, 4.69) is 41.3 Å². The average Bonchev–Trinajstić information content (AvgIpc) is 2.66. The highest BCUT2D eigenvalue weighted by molar-refractivity contribution is 14.0. The van der Waals surface area contributed by atoms with Crippen molar-refractivity contribution in [2.75, 3.05) is 66.3 Å². The summed E-state index contributed by atoms with van der Waals surface area (Å²) in [7, 11) is 1.82. The molecule has 0 saturated carbocycles. The topological polar surface area (TPSA) is 67.4 Å². The molecule has 1 heterocycles. The van der Waals surface area contributed by atoms with E-state index in [9.17, 15) is 0 Å². The smallest absolute Gasteiger partial charge is 0.191 e. The highest BCUT2D eigenvalue weighted by atomic mass is 127. The number of likely N-dealkylation sites (tertiary alicyclic amines) is 1. The van der Waals surface area contributed by atoms with Crippen molar-refractivity contribution in [3.63, 3.8) is 0 Å². The Hall–Kier alpha value is -0.160. The zero-order valence-electron chi connectivity index (χ0n) is 18.4. The number of nitrogens with zero attached hydrogens (tertiary/aromatic N) is 2. The van der Waals surface area contributed by atoms with Gasteiger partial charge in [0.25, 0.3) is 0 Å². The number of nitrogens with one attached hydrogen (secondary N) is 2. The summed E-state index contributed by atoms with van der Waals surface area (Å²) in [5, 5.41) is 6.85. The molecule has 0 unspecified atom stereocenters. The van der Waals surface area contributed by atoms with Crippen molar-refractivity contribution in [1.82, 2.24) is 15.5 Å². The van der Waals surface area contributed by atoms with Gasteiger partial charge in [-0.1, -0.05) is 13.3 Å². The van der Waals surface area contributed by atoms with Crippen molar-refractivity contribution in [3.05, 3.63) is 0 Å². The second kappa shape index (κ2) is 18.8. The predicted octanol–water partition coefficient (Wildman–Crippen LogP) is 2.49.